The van der Waals surface area contributed by atoms with Gasteiger partial charge >= 0.3 is 6.03 Å². The van der Waals surface area contributed by atoms with E-state index in [0.29, 0.717) is 12.2 Å². The number of urea groups is 1. The van der Waals surface area contributed by atoms with Gasteiger partial charge in [0.2, 0.25) is 0 Å². The molecule has 1 fully saturated rings. The van der Waals surface area contributed by atoms with Crippen molar-refractivity contribution in [1.82, 2.24) is 4.90 Å². The summed E-state index contributed by atoms with van der Waals surface area (Å²) in [5, 5.41) is 12.6. The van der Waals surface area contributed by atoms with Gasteiger partial charge in [0, 0.05) is 25.2 Å². The molecule has 0 aliphatic heterocycles. The van der Waals surface area contributed by atoms with E-state index in [1.165, 1.54) is 24.3 Å². The second kappa shape index (κ2) is 6.70. The Balaban J connectivity index is 1.86. The van der Waals surface area contributed by atoms with Gasteiger partial charge < -0.3 is 15.3 Å². The van der Waals surface area contributed by atoms with Crippen molar-refractivity contribution in [1.29, 1.82) is 0 Å². The minimum atomic E-state index is -0.332. The number of hydrogen-bond donors (Lipinski definition) is 2. The number of anilines is 1. The highest BCUT2D eigenvalue weighted by molar-refractivity contribution is 5.89. The number of aliphatic hydroxyl groups excluding tert-OH is 1. The first-order valence-corrected chi connectivity index (χ1v) is 7.02. The van der Waals surface area contributed by atoms with Crippen molar-refractivity contribution >= 4 is 11.7 Å². The van der Waals surface area contributed by atoms with Gasteiger partial charge in [0.25, 0.3) is 0 Å². The lowest BCUT2D eigenvalue weighted by Gasteiger charge is -2.31. The first kappa shape index (κ1) is 14.8. The largest absolute Gasteiger partial charge is 0.393 e. The lowest BCUT2D eigenvalue weighted by Crippen LogP contribution is -2.40. The van der Waals surface area contributed by atoms with Crippen LogP contribution < -0.4 is 5.32 Å². The summed E-state index contributed by atoms with van der Waals surface area (Å²) < 4.78 is 12.8. The van der Waals surface area contributed by atoms with E-state index in [0.717, 1.165) is 25.7 Å². The summed E-state index contributed by atoms with van der Waals surface area (Å²) >= 11 is 0. The van der Waals surface area contributed by atoms with E-state index in [1.807, 2.05) is 0 Å². The third-order valence-electron chi connectivity index (χ3n) is 3.82. The molecule has 0 aromatic heterocycles. The Kier molecular flexibility index (Phi) is 4.95. The Morgan fingerprint density at radius 1 is 1.35 bits per heavy atom. The number of amides is 2. The van der Waals surface area contributed by atoms with Crippen molar-refractivity contribution in [3.63, 3.8) is 0 Å². The number of aliphatic hydroxyl groups is 1. The highest BCUT2D eigenvalue weighted by Gasteiger charge is 2.25. The Labute approximate surface area is 118 Å². The van der Waals surface area contributed by atoms with Crippen molar-refractivity contribution in [3.05, 3.63) is 30.1 Å². The molecule has 5 heteroatoms. The molecule has 1 saturated carbocycles. The number of nitrogens with zero attached hydrogens (tertiary/aromatic N) is 1. The predicted molar refractivity (Wildman–Crippen MR) is 76.0 cm³/mol. The lowest BCUT2D eigenvalue weighted by molar-refractivity contribution is 0.0575. The average molecular weight is 280 g/mol. The Bertz CT molecular complexity index is 450. The third-order valence-corrected chi connectivity index (χ3v) is 3.82. The summed E-state index contributed by atoms with van der Waals surface area (Å²) in [7, 11) is 1.71. The SMILES string of the molecule is CN(CC1CCCCC1O)C(=O)Nc1ccc(F)cc1. The van der Waals surface area contributed by atoms with E-state index in [1.54, 1.807) is 11.9 Å². The zero-order valence-electron chi connectivity index (χ0n) is 11.7. The summed E-state index contributed by atoms with van der Waals surface area (Å²) in [6, 6.07) is 5.42. The van der Waals surface area contributed by atoms with Gasteiger partial charge in [-0.1, -0.05) is 12.8 Å². The first-order chi connectivity index (χ1) is 9.56. The number of benzene rings is 1. The van der Waals surface area contributed by atoms with Gasteiger partial charge in [-0.15, -0.1) is 0 Å². The molecule has 0 spiro atoms. The van der Waals surface area contributed by atoms with E-state index in [9.17, 15) is 14.3 Å². The van der Waals surface area contributed by atoms with Gasteiger partial charge in [0.1, 0.15) is 5.82 Å². The monoisotopic (exact) mass is 280 g/mol. The zero-order valence-corrected chi connectivity index (χ0v) is 11.7. The molecule has 0 saturated heterocycles. The first-order valence-electron chi connectivity index (χ1n) is 7.02. The van der Waals surface area contributed by atoms with E-state index >= 15 is 0 Å². The number of rotatable bonds is 3. The van der Waals surface area contributed by atoms with Crippen LogP contribution >= 0.6 is 0 Å². The minimum Gasteiger partial charge on any atom is -0.393 e. The summed E-state index contributed by atoms with van der Waals surface area (Å²) in [5.41, 5.74) is 0.562. The summed E-state index contributed by atoms with van der Waals surface area (Å²) in [6.07, 6.45) is 3.62. The molecular formula is C15H21FN2O2. The van der Waals surface area contributed by atoms with Crippen molar-refractivity contribution < 1.29 is 14.3 Å². The molecule has 1 aromatic rings. The zero-order chi connectivity index (χ0) is 14.5. The van der Waals surface area contributed by atoms with Crippen molar-refractivity contribution in [3.8, 4) is 0 Å². The Morgan fingerprint density at radius 2 is 2.00 bits per heavy atom. The molecule has 2 amide bonds. The quantitative estimate of drug-likeness (QED) is 0.894. The molecular weight excluding hydrogens is 259 g/mol. The van der Waals surface area contributed by atoms with Crippen LogP contribution in [0.1, 0.15) is 25.7 Å². The van der Waals surface area contributed by atoms with Crippen molar-refractivity contribution in [2.75, 3.05) is 18.9 Å². The van der Waals surface area contributed by atoms with Gasteiger partial charge in [0.05, 0.1) is 6.10 Å². The van der Waals surface area contributed by atoms with Crippen molar-refractivity contribution in [2.45, 2.75) is 31.8 Å². The number of carbonyl (C=O) groups excluding carboxylic acids is 1. The van der Waals surface area contributed by atoms with Gasteiger partial charge in [-0.25, -0.2) is 9.18 Å². The maximum absolute atomic E-state index is 12.8. The Morgan fingerprint density at radius 3 is 2.65 bits per heavy atom. The second-order valence-corrected chi connectivity index (χ2v) is 5.43. The van der Waals surface area contributed by atoms with Crippen LogP contribution in [0.15, 0.2) is 24.3 Å². The van der Waals surface area contributed by atoms with Crippen LogP contribution in [0.5, 0.6) is 0 Å². The average Bonchev–Trinajstić information content (AvgIpc) is 2.44. The maximum atomic E-state index is 12.8. The van der Waals surface area contributed by atoms with Gasteiger partial charge in [-0.05, 0) is 37.1 Å². The second-order valence-electron chi connectivity index (χ2n) is 5.43. The number of halogens is 1. The van der Waals surface area contributed by atoms with E-state index in [4.69, 9.17) is 0 Å². The van der Waals surface area contributed by atoms with E-state index < -0.39 is 0 Å². The van der Waals surface area contributed by atoms with Crippen LogP contribution in [0, 0.1) is 11.7 Å². The van der Waals surface area contributed by atoms with Gasteiger partial charge in [-0.3, -0.25) is 0 Å². The third kappa shape index (κ3) is 3.93. The number of carbonyl (C=O) groups is 1. The van der Waals surface area contributed by atoms with Crippen LogP contribution in [0.2, 0.25) is 0 Å². The fraction of sp³-hybridized carbons (Fsp3) is 0.533. The standard InChI is InChI=1S/C15H21FN2O2/c1-18(10-11-4-2-3-5-14(11)19)15(20)17-13-8-6-12(16)7-9-13/h6-9,11,14,19H,2-5,10H2,1H3,(H,17,20). The molecule has 0 radical (unpaired) electrons. The molecule has 2 N–H and O–H groups in total. The van der Waals surface area contributed by atoms with Gasteiger partial charge in [0.15, 0.2) is 0 Å². The molecule has 2 atom stereocenters. The highest BCUT2D eigenvalue weighted by Crippen LogP contribution is 2.25. The fourth-order valence-corrected chi connectivity index (χ4v) is 2.59. The van der Waals surface area contributed by atoms with E-state index in [2.05, 4.69) is 5.32 Å². The smallest absolute Gasteiger partial charge is 0.321 e. The molecule has 0 heterocycles. The van der Waals surface area contributed by atoms with Crippen LogP contribution in [-0.2, 0) is 0 Å². The molecule has 1 aliphatic rings. The number of hydrogen-bond acceptors (Lipinski definition) is 2. The minimum absolute atomic E-state index is 0.146. The van der Waals surface area contributed by atoms with Crippen LogP contribution in [0.25, 0.3) is 0 Å². The fourth-order valence-electron chi connectivity index (χ4n) is 2.59. The highest BCUT2D eigenvalue weighted by atomic mass is 19.1. The molecule has 20 heavy (non-hydrogen) atoms. The number of nitrogens with one attached hydrogen (secondary N) is 1. The summed E-state index contributed by atoms with van der Waals surface area (Å²) in [5.74, 6) is -0.186. The van der Waals surface area contributed by atoms with E-state index in [-0.39, 0.29) is 23.9 Å². The van der Waals surface area contributed by atoms with Gasteiger partial charge in [-0.2, -0.15) is 0 Å². The van der Waals surface area contributed by atoms with Crippen LogP contribution in [0.3, 0.4) is 0 Å². The predicted octanol–water partition coefficient (Wildman–Crippen LogP) is 2.84. The van der Waals surface area contributed by atoms with Crippen molar-refractivity contribution in [2.24, 2.45) is 5.92 Å². The molecule has 1 aliphatic carbocycles. The topological polar surface area (TPSA) is 52.6 Å². The van der Waals surface area contributed by atoms with Crippen LogP contribution in [0.4, 0.5) is 14.9 Å². The normalized spacial score (nSPS) is 22.4. The maximum Gasteiger partial charge on any atom is 0.321 e. The summed E-state index contributed by atoms with van der Waals surface area (Å²) in [4.78, 5) is 13.6. The molecule has 110 valence electrons. The molecule has 0 bridgehead atoms. The molecule has 4 nitrogen and oxygen atoms in total. The van der Waals surface area contributed by atoms with Crippen LogP contribution in [-0.4, -0.2) is 35.7 Å². The summed E-state index contributed by atoms with van der Waals surface area (Å²) in [6.45, 7) is 0.536. The molecule has 2 rings (SSSR count). The molecule has 2 unspecified atom stereocenters. The molecule has 1 aromatic carbocycles. The lowest BCUT2D eigenvalue weighted by atomic mass is 9.86. The Hall–Kier alpha value is -1.62.